The molecule has 0 saturated heterocycles. The van der Waals surface area contributed by atoms with Crippen LogP contribution >= 0.6 is 0 Å². The van der Waals surface area contributed by atoms with Crippen LogP contribution in [0.1, 0.15) is 17.2 Å². The molecule has 0 fully saturated rings. The molecule has 0 amide bonds. The van der Waals surface area contributed by atoms with Crippen molar-refractivity contribution in [2.45, 2.75) is 18.4 Å². The van der Waals surface area contributed by atoms with Gasteiger partial charge in [0.1, 0.15) is 0 Å². The minimum absolute atomic E-state index is 0. The van der Waals surface area contributed by atoms with Crippen LogP contribution in [0.15, 0.2) is 60.8 Å². The van der Waals surface area contributed by atoms with Gasteiger partial charge in [0.15, 0.2) is 0 Å². The van der Waals surface area contributed by atoms with Gasteiger partial charge in [-0.1, -0.05) is 0 Å². The zero-order valence-electron chi connectivity index (χ0n) is 14.8. The van der Waals surface area contributed by atoms with E-state index >= 15 is 0 Å². The van der Waals surface area contributed by atoms with Gasteiger partial charge >= 0.3 is 17.1 Å². The smallest absolute Gasteiger partial charge is 0.396 e. The number of aromatic amines is 1. The van der Waals surface area contributed by atoms with Crippen molar-refractivity contribution in [1.82, 2.24) is 15.4 Å². The summed E-state index contributed by atoms with van der Waals surface area (Å²) in [5, 5.41) is 49.3. The molecule has 2 unspecified atom stereocenters. The van der Waals surface area contributed by atoms with Gasteiger partial charge in [0.25, 0.3) is 0 Å². The van der Waals surface area contributed by atoms with E-state index in [0.717, 1.165) is 5.56 Å². The number of nitrogens with zero attached hydrogens (tertiary/aromatic N) is 2. The molecule has 27 heavy (non-hydrogen) atoms. The average Bonchev–Trinajstić information content (AvgIpc) is 3.46. The second-order valence-electron chi connectivity index (χ2n) is 6.24. The summed E-state index contributed by atoms with van der Waals surface area (Å²) in [5.41, 5.74) is 0.115. The standard InChI is InChI=1S/C14H20N3O4.C5H5.Fe/c18-7-14(8-19,9-20)13(21)11(12-6-15-17-16-12)5-10-3-1-2-4-10;1-2-4-5-3-1;/h1-4,6,11,13,18-21H,5,7-9H2,(H,15,16,17);1-5H;/q2*-1;+2. The molecule has 2 atom stereocenters. The summed E-state index contributed by atoms with van der Waals surface area (Å²) in [4.78, 5) is 0. The molecular weight excluding hydrogens is 390 g/mol. The number of H-pyrrole nitrogens is 1. The van der Waals surface area contributed by atoms with Crippen molar-refractivity contribution >= 4 is 0 Å². The first-order chi connectivity index (χ1) is 12.7. The van der Waals surface area contributed by atoms with Crippen LogP contribution in [-0.2, 0) is 23.5 Å². The minimum atomic E-state index is -1.39. The summed E-state index contributed by atoms with van der Waals surface area (Å²) >= 11 is 0. The third-order valence-electron chi connectivity index (χ3n) is 4.51. The molecule has 0 radical (unpaired) electrons. The van der Waals surface area contributed by atoms with Crippen LogP contribution in [-0.4, -0.2) is 61.8 Å². The van der Waals surface area contributed by atoms with Crippen LogP contribution < -0.4 is 0 Å². The zero-order chi connectivity index (χ0) is 18.8. The van der Waals surface area contributed by atoms with E-state index in [9.17, 15) is 20.4 Å². The molecule has 0 aliphatic rings. The van der Waals surface area contributed by atoms with E-state index in [2.05, 4.69) is 15.4 Å². The Morgan fingerprint density at radius 3 is 2.11 bits per heavy atom. The summed E-state index contributed by atoms with van der Waals surface area (Å²) in [6, 6.07) is 17.6. The third kappa shape index (κ3) is 6.10. The molecule has 0 bridgehead atoms. The fourth-order valence-corrected chi connectivity index (χ4v) is 2.75. The first-order valence-electron chi connectivity index (χ1n) is 8.40. The maximum atomic E-state index is 10.6. The first kappa shape index (κ1) is 23.2. The van der Waals surface area contributed by atoms with E-state index in [1.54, 1.807) is 0 Å². The fourth-order valence-electron chi connectivity index (χ4n) is 2.75. The van der Waals surface area contributed by atoms with Gasteiger partial charge in [-0.15, -0.1) is 0 Å². The van der Waals surface area contributed by atoms with Crippen molar-refractivity contribution < 1.29 is 37.5 Å². The largest absolute Gasteiger partial charge is 2.00 e. The van der Waals surface area contributed by atoms with Gasteiger partial charge in [-0.3, -0.25) is 0 Å². The van der Waals surface area contributed by atoms with E-state index in [1.165, 1.54) is 6.20 Å². The molecule has 8 heteroatoms. The van der Waals surface area contributed by atoms with Gasteiger partial charge in [-0.2, -0.15) is 51.3 Å². The van der Waals surface area contributed by atoms with Gasteiger partial charge in [-0.25, -0.2) is 24.3 Å². The summed E-state index contributed by atoms with van der Waals surface area (Å²) in [7, 11) is 0. The summed E-state index contributed by atoms with van der Waals surface area (Å²) < 4.78 is 0. The van der Waals surface area contributed by atoms with Crippen molar-refractivity contribution in [3.8, 4) is 0 Å². The normalized spacial score (nSPS) is 13.2. The first-order valence-corrected chi connectivity index (χ1v) is 8.40. The number of nitrogens with one attached hydrogen (secondary N) is 1. The van der Waals surface area contributed by atoms with E-state index in [4.69, 9.17) is 0 Å². The second kappa shape index (κ2) is 11.8. The average molecular weight is 415 g/mol. The van der Waals surface area contributed by atoms with Crippen molar-refractivity contribution in [2.75, 3.05) is 19.8 Å². The monoisotopic (exact) mass is 415 g/mol. The summed E-state index contributed by atoms with van der Waals surface area (Å²) in [5.74, 6) is -0.502. The predicted octanol–water partition coefficient (Wildman–Crippen LogP) is 0.577. The number of rotatable bonds is 8. The number of aliphatic hydroxyl groups is 4. The van der Waals surface area contributed by atoms with Gasteiger partial charge in [-0.05, 0) is 6.42 Å². The van der Waals surface area contributed by atoms with Crippen molar-refractivity contribution in [2.24, 2.45) is 5.41 Å². The van der Waals surface area contributed by atoms with Crippen LogP contribution in [0.2, 0.25) is 0 Å². The SMILES string of the molecule is OCC(CO)(CO)C(O)C(Cc1ccc[cH-]1)c1cn[nH]n1.[Fe+2].c1cc[cH-]c1. The molecule has 2 aromatic carbocycles. The van der Waals surface area contributed by atoms with Crippen LogP contribution in [0.5, 0.6) is 0 Å². The van der Waals surface area contributed by atoms with Gasteiger partial charge < -0.3 is 20.4 Å². The molecule has 1 heterocycles. The topological polar surface area (TPSA) is 122 Å². The van der Waals surface area contributed by atoms with E-state index in [-0.39, 0.29) is 17.1 Å². The Morgan fingerprint density at radius 2 is 1.70 bits per heavy atom. The van der Waals surface area contributed by atoms with E-state index in [0.29, 0.717) is 12.1 Å². The van der Waals surface area contributed by atoms with Crippen LogP contribution in [0.25, 0.3) is 0 Å². The van der Waals surface area contributed by atoms with Crippen LogP contribution in [0.4, 0.5) is 0 Å². The second-order valence-corrected chi connectivity index (χ2v) is 6.24. The Kier molecular flexibility index (Phi) is 10.2. The molecule has 148 valence electrons. The Hall–Kier alpha value is -1.80. The Morgan fingerprint density at radius 1 is 1.04 bits per heavy atom. The molecule has 1 aromatic heterocycles. The number of aliphatic hydroxyl groups excluding tert-OH is 4. The molecule has 0 aliphatic heterocycles. The molecule has 0 aliphatic carbocycles. The molecule has 7 nitrogen and oxygen atoms in total. The maximum Gasteiger partial charge on any atom is 2.00 e. The van der Waals surface area contributed by atoms with Crippen LogP contribution in [0.3, 0.4) is 0 Å². The number of aromatic nitrogens is 3. The van der Waals surface area contributed by atoms with Gasteiger partial charge in [0, 0.05) is 5.92 Å². The Balaban J connectivity index is 0.000000526. The molecule has 0 spiro atoms. The maximum absolute atomic E-state index is 10.6. The van der Waals surface area contributed by atoms with Gasteiger partial charge in [0.2, 0.25) is 0 Å². The van der Waals surface area contributed by atoms with E-state index < -0.39 is 37.3 Å². The minimum Gasteiger partial charge on any atom is -0.396 e. The van der Waals surface area contributed by atoms with Crippen molar-refractivity contribution in [3.63, 3.8) is 0 Å². The molecule has 3 aromatic rings. The molecular formula is C19H25FeN3O4. The summed E-state index contributed by atoms with van der Waals surface area (Å²) in [6.45, 7) is -1.59. The Labute approximate surface area is 168 Å². The van der Waals surface area contributed by atoms with Crippen molar-refractivity contribution in [1.29, 1.82) is 0 Å². The number of hydrogen-bond donors (Lipinski definition) is 5. The summed E-state index contributed by atoms with van der Waals surface area (Å²) in [6.07, 6.45) is 0.786. The quantitative estimate of drug-likeness (QED) is 0.271. The van der Waals surface area contributed by atoms with Crippen molar-refractivity contribution in [3.05, 3.63) is 72.1 Å². The van der Waals surface area contributed by atoms with Crippen LogP contribution in [0, 0.1) is 5.41 Å². The predicted molar refractivity (Wildman–Crippen MR) is 96.6 cm³/mol. The molecule has 3 rings (SSSR count). The number of hydrogen-bond acceptors (Lipinski definition) is 6. The fraction of sp³-hybridized carbons (Fsp3) is 0.368. The Bertz CT molecular complexity index is 657. The third-order valence-corrected chi connectivity index (χ3v) is 4.51. The zero-order valence-corrected chi connectivity index (χ0v) is 15.9. The van der Waals surface area contributed by atoms with Gasteiger partial charge in [0.05, 0.1) is 43.2 Å². The molecule has 0 saturated carbocycles. The van der Waals surface area contributed by atoms with E-state index in [1.807, 2.05) is 54.6 Å². The molecule has 5 N–H and O–H groups in total.